The molecule has 0 saturated carbocycles. The second-order valence-corrected chi connectivity index (χ2v) is 6.75. The molecule has 1 amide bonds. The van der Waals surface area contributed by atoms with Crippen molar-refractivity contribution in [1.82, 2.24) is 14.8 Å². The van der Waals surface area contributed by atoms with Gasteiger partial charge in [0.05, 0.1) is 30.7 Å². The molecule has 2 atom stereocenters. The van der Waals surface area contributed by atoms with Gasteiger partial charge in [0, 0.05) is 31.9 Å². The Morgan fingerprint density at radius 2 is 2.20 bits per heavy atom. The van der Waals surface area contributed by atoms with Crippen LogP contribution < -0.4 is 0 Å². The van der Waals surface area contributed by atoms with Crippen LogP contribution in [0.4, 0.5) is 0 Å². The number of hydrogen-bond acceptors (Lipinski definition) is 5. The largest absolute Gasteiger partial charge is 0.459 e. The summed E-state index contributed by atoms with van der Waals surface area (Å²) < 4.78 is 11.2. The lowest BCUT2D eigenvalue weighted by Crippen LogP contribution is -2.61. The Balaban J connectivity index is 1.48. The maximum Gasteiger partial charge on any atom is 0.290 e. The van der Waals surface area contributed by atoms with Gasteiger partial charge in [-0.1, -0.05) is 6.07 Å². The predicted molar refractivity (Wildman–Crippen MR) is 92.1 cm³/mol. The van der Waals surface area contributed by atoms with Crippen LogP contribution in [0.3, 0.4) is 0 Å². The molecule has 25 heavy (non-hydrogen) atoms. The summed E-state index contributed by atoms with van der Waals surface area (Å²) in [7, 11) is 0. The van der Waals surface area contributed by atoms with E-state index < -0.39 is 0 Å². The van der Waals surface area contributed by atoms with Crippen molar-refractivity contribution in [2.75, 3.05) is 26.2 Å². The minimum absolute atomic E-state index is 0.0427. The highest BCUT2D eigenvalue weighted by atomic mass is 16.5. The van der Waals surface area contributed by atoms with Gasteiger partial charge in [-0.05, 0) is 37.6 Å². The van der Waals surface area contributed by atoms with Crippen LogP contribution in [0.2, 0.25) is 0 Å². The molecule has 4 rings (SSSR count). The van der Waals surface area contributed by atoms with E-state index in [-0.39, 0.29) is 18.1 Å². The van der Waals surface area contributed by atoms with Gasteiger partial charge in [0.1, 0.15) is 0 Å². The first-order valence-corrected chi connectivity index (χ1v) is 8.82. The molecule has 0 N–H and O–H groups in total. The highest BCUT2D eigenvalue weighted by Crippen LogP contribution is 2.25. The fraction of sp³-hybridized carbons (Fsp3) is 0.474. The molecule has 0 bridgehead atoms. The van der Waals surface area contributed by atoms with Gasteiger partial charge in [0.25, 0.3) is 5.91 Å². The van der Waals surface area contributed by atoms with E-state index in [1.807, 2.05) is 24.0 Å². The maximum atomic E-state index is 12.8. The van der Waals surface area contributed by atoms with Crippen molar-refractivity contribution in [3.8, 4) is 0 Å². The van der Waals surface area contributed by atoms with Crippen molar-refractivity contribution < 1.29 is 13.9 Å². The Hall–Kier alpha value is -2.18. The Morgan fingerprint density at radius 3 is 3.00 bits per heavy atom. The first kappa shape index (κ1) is 16.3. The highest BCUT2D eigenvalue weighted by Gasteiger charge is 2.40. The third-order valence-corrected chi connectivity index (χ3v) is 4.99. The van der Waals surface area contributed by atoms with Gasteiger partial charge in [0.15, 0.2) is 5.76 Å². The van der Waals surface area contributed by atoms with Crippen molar-refractivity contribution in [3.63, 3.8) is 0 Å². The summed E-state index contributed by atoms with van der Waals surface area (Å²) in [4.78, 5) is 21.6. The molecule has 2 aliphatic rings. The van der Waals surface area contributed by atoms with Crippen molar-refractivity contribution in [2.45, 2.75) is 32.0 Å². The van der Waals surface area contributed by atoms with Crippen LogP contribution in [-0.4, -0.2) is 59.1 Å². The summed E-state index contributed by atoms with van der Waals surface area (Å²) in [5.41, 5.74) is 2.10. The Bertz CT molecular complexity index is 731. The normalized spacial score (nSPS) is 24.1. The molecule has 2 aromatic heterocycles. The molecule has 0 radical (unpaired) electrons. The number of morpholine rings is 1. The van der Waals surface area contributed by atoms with E-state index in [1.165, 1.54) is 0 Å². The molecule has 0 aromatic carbocycles. The molecule has 6 nitrogen and oxygen atoms in total. The number of carbonyl (C=O) groups excluding carboxylic acids is 1. The third-order valence-electron chi connectivity index (χ3n) is 4.99. The molecule has 2 fully saturated rings. The van der Waals surface area contributed by atoms with Crippen LogP contribution in [0.25, 0.3) is 0 Å². The number of carbonyl (C=O) groups is 1. The minimum Gasteiger partial charge on any atom is -0.459 e. The van der Waals surface area contributed by atoms with Gasteiger partial charge in [-0.3, -0.25) is 14.7 Å². The summed E-state index contributed by atoms with van der Waals surface area (Å²) in [5, 5.41) is 0. The van der Waals surface area contributed by atoms with Crippen molar-refractivity contribution in [3.05, 3.63) is 53.7 Å². The Kier molecular flexibility index (Phi) is 4.55. The van der Waals surface area contributed by atoms with Crippen LogP contribution >= 0.6 is 0 Å². The Morgan fingerprint density at radius 1 is 1.28 bits per heavy atom. The standard InChI is InChI=1S/C19H23N3O3/c1-14-4-2-5-15(20-14)12-21-8-7-17-16(13-21)22(9-11-25-17)19(23)18-6-3-10-24-18/h2-6,10,16-17H,7-9,11-13H2,1H3/t16-,17+/m1/s1. The fourth-order valence-electron chi connectivity index (χ4n) is 3.79. The Labute approximate surface area is 147 Å². The predicted octanol–water partition coefficient (Wildman–Crippen LogP) is 2.10. The van der Waals surface area contributed by atoms with Crippen LogP contribution in [0.1, 0.15) is 28.4 Å². The second kappa shape index (κ2) is 6.98. The molecule has 0 unspecified atom stereocenters. The van der Waals surface area contributed by atoms with Gasteiger partial charge in [-0.15, -0.1) is 0 Å². The van der Waals surface area contributed by atoms with Crippen molar-refractivity contribution in [2.24, 2.45) is 0 Å². The first-order chi connectivity index (χ1) is 12.2. The molecule has 2 aliphatic heterocycles. The topological polar surface area (TPSA) is 58.8 Å². The van der Waals surface area contributed by atoms with Gasteiger partial charge in [-0.2, -0.15) is 0 Å². The van der Waals surface area contributed by atoms with Gasteiger partial charge in [-0.25, -0.2) is 0 Å². The molecular formula is C19H23N3O3. The number of amides is 1. The monoisotopic (exact) mass is 341 g/mol. The van der Waals surface area contributed by atoms with Crippen LogP contribution in [0, 0.1) is 6.92 Å². The summed E-state index contributed by atoms with van der Waals surface area (Å²) in [5.74, 6) is 0.358. The number of likely N-dealkylation sites (tertiary alicyclic amines) is 1. The molecule has 132 valence electrons. The summed E-state index contributed by atoms with van der Waals surface area (Å²) in [6.07, 6.45) is 2.58. The molecule has 6 heteroatoms. The molecule has 0 spiro atoms. The number of pyridine rings is 1. The van der Waals surface area contributed by atoms with Gasteiger partial charge < -0.3 is 14.1 Å². The molecular weight excluding hydrogens is 318 g/mol. The SMILES string of the molecule is Cc1cccc(CN2CC[C@@H]3OCCN(C(=O)c4ccco4)[C@@H]3C2)n1. The van der Waals surface area contributed by atoms with Crippen LogP contribution in [0.5, 0.6) is 0 Å². The van der Waals surface area contributed by atoms with Gasteiger partial charge >= 0.3 is 0 Å². The number of aryl methyl sites for hydroxylation is 1. The van der Waals surface area contributed by atoms with E-state index in [9.17, 15) is 4.79 Å². The average Bonchev–Trinajstić information content (AvgIpc) is 3.15. The molecule has 2 saturated heterocycles. The van der Waals surface area contributed by atoms with E-state index in [4.69, 9.17) is 9.15 Å². The van der Waals surface area contributed by atoms with Gasteiger partial charge in [0.2, 0.25) is 0 Å². The molecule has 2 aromatic rings. The number of ether oxygens (including phenoxy) is 1. The van der Waals surface area contributed by atoms with E-state index >= 15 is 0 Å². The van der Waals surface area contributed by atoms with Crippen LogP contribution in [0.15, 0.2) is 41.0 Å². The summed E-state index contributed by atoms with van der Waals surface area (Å²) in [6.45, 7) is 5.76. The minimum atomic E-state index is -0.0427. The third kappa shape index (κ3) is 3.45. The number of fused-ring (bicyclic) bond motifs is 1. The smallest absolute Gasteiger partial charge is 0.290 e. The zero-order chi connectivity index (χ0) is 17.2. The van der Waals surface area contributed by atoms with E-state index in [1.54, 1.807) is 18.4 Å². The number of nitrogens with zero attached hydrogens (tertiary/aromatic N) is 3. The highest BCUT2D eigenvalue weighted by molar-refractivity contribution is 5.91. The lowest BCUT2D eigenvalue weighted by molar-refractivity contribution is -0.0921. The zero-order valence-electron chi connectivity index (χ0n) is 14.4. The van der Waals surface area contributed by atoms with E-state index in [0.29, 0.717) is 18.9 Å². The maximum absolute atomic E-state index is 12.8. The number of rotatable bonds is 3. The lowest BCUT2D eigenvalue weighted by Gasteiger charge is -2.46. The molecule has 4 heterocycles. The number of piperidine rings is 1. The summed E-state index contributed by atoms with van der Waals surface area (Å²) in [6, 6.07) is 9.65. The second-order valence-electron chi connectivity index (χ2n) is 6.75. The van der Waals surface area contributed by atoms with E-state index in [0.717, 1.165) is 37.4 Å². The average molecular weight is 341 g/mol. The molecule has 0 aliphatic carbocycles. The van der Waals surface area contributed by atoms with E-state index in [2.05, 4.69) is 16.0 Å². The van der Waals surface area contributed by atoms with Crippen molar-refractivity contribution in [1.29, 1.82) is 0 Å². The number of furan rings is 1. The quantitative estimate of drug-likeness (QED) is 0.856. The van der Waals surface area contributed by atoms with Crippen molar-refractivity contribution >= 4 is 5.91 Å². The summed E-state index contributed by atoms with van der Waals surface area (Å²) >= 11 is 0. The lowest BCUT2D eigenvalue weighted by atomic mass is 9.98. The van der Waals surface area contributed by atoms with Crippen LogP contribution in [-0.2, 0) is 11.3 Å². The first-order valence-electron chi connectivity index (χ1n) is 8.82. The fourth-order valence-corrected chi connectivity index (χ4v) is 3.79. The number of aromatic nitrogens is 1. The number of hydrogen-bond donors (Lipinski definition) is 0. The zero-order valence-corrected chi connectivity index (χ0v) is 14.4.